The molecule has 45 heavy (non-hydrogen) atoms. The van der Waals surface area contributed by atoms with Crippen LogP contribution in [0.2, 0.25) is 0 Å². The number of nitrogens with zero attached hydrogens (tertiary/aromatic N) is 4. The number of aryl methyl sites for hydroxylation is 1. The van der Waals surface area contributed by atoms with Crippen LogP contribution in [0, 0.1) is 11.7 Å². The van der Waals surface area contributed by atoms with Crippen molar-refractivity contribution in [3.8, 4) is 33.9 Å². The largest absolute Gasteiger partial charge is 0.353 e. The molecular weight excluding hydrogens is 589 g/mol. The molecule has 0 unspecified atom stereocenters. The lowest BCUT2D eigenvalue weighted by Crippen LogP contribution is -2.20. The molecule has 1 aliphatic rings. The summed E-state index contributed by atoms with van der Waals surface area (Å²) in [5.41, 5.74) is 8.35. The summed E-state index contributed by atoms with van der Waals surface area (Å²) in [5.74, 6) is 0.281. The Kier molecular flexibility index (Phi) is 7.88. The van der Waals surface area contributed by atoms with Crippen LogP contribution in [0.1, 0.15) is 36.8 Å². The Morgan fingerprint density at radius 3 is 2.64 bits per heavy atom. The Labute approximate surface area is 260 Å². The quantitative estimate of drug-likeness (QED) is 0.165. The van der Waals surface area contributed by atoms with Gasteiger partial charge in [0.2, 0.25) is 0 Å². The summed E-state index contributed by atoms with van der Waals surface area (Å²) >= 11 is 0. The average molecular weight is 624 g/mol. The van der Waals surface area contributed by atoms with E-state index in [-0.39, 0.29) is 12.2 Å². The van der Waals surface area contributed by atoms with Crippen molar-refractivity contribution >= 4 is 31.8 Å². The van der Waals surface area contributed by atoms with Gasteiger partial charge in [-0.3, -0.25) is 15.1 Å². The predicted octanol–water partition coefficient (Wildman–Crippen LogP) is 6.24. The van der Waals surface area contributed by atoms with Crippen LogP contribution in [-0.4, -0.2) is 57.1 Å². The number of aromatic nitrogens is 6. The van der Waals surface area contributed by atoms with Gasteiger partial charge >= 0.3 is 0 Å². The molecule has 1 fully saturated rings. The van der Waals surface area contributed by atoms with Crippen LogP contribution in [0.25, 0.3) is 55.8 Å². The molecule has 230 valence electrons. The summed E-state index contributed by atoms with van der Waals surface area (Å²) in [7, 11) is -3.18. The van der Waals surface area contributed by atoms with E-state index in [2.05, 4.69) is 36.5 Å². The molecule has 0 spiro atoms. The fourth-order valence-electron chi connectivity index (χ4n) is 6.25. The van der Waals surface area contributed by atoms with Gasteiger partial charge in [-0.15, -0.1) is 0 Å². The second-order valence-electron chi connectivity index (χ2n) is 12.1. The van der Waals surface area contributed by atoms with Gasteiger partial charge in [0.25, 0.3) is 0 Å². The fraction of sp³-hybridized carbons (Fsp3) is 0.294. The minimum Gasteiger partial charge on any atom is -0.353 e. The van der Waals surface area contributed by atoms with Crippen LogP contribution in [0.3, 0.4) is 0 Å². The SMILES string of the molecule is CS(=O)(=O)CCc1cc(F)cc(-c2nccc3[nH]c(-c4n[nH]c5ccc(-c6cncc(CNCC7CCCC7)c6)nc45)cc23)c1. The van der Waals surface area contributed by atoms with Gasteiger partial charge < -0.3 is 10.3 Å². The van der Waals surface area contributed by atoms with Crippen LogP contribution >= 0.6 is 0 Å². The van der Waals surface area contributed by atoms with Gasteiger partial charge in [0.1, 0.15) is 26.9 Å². The number of nitrogens with one attached hydrogen (secondary N) is 3. The molecule has 7 rings (SSSR count). The first-order valence-corrected chi connectivity index (χ1v) is 17.3. The maximum absolute atomic E-state index is 14.6. The molecule has 0 aliphatic heterocycles. The van der Waals surface area contributed by atoms with Crippen LogP contribution in [0.15, 0.2) is 67.1 Å². The van der Waals surface area contributed by atoms with E-state index in [0.717, 1.165) is 57.9 Å². The van der Waals surface area contributed by atoms with E-state index in [9.17, 15) is 12.8 Å². The maximum atomic E-state index is 14.6. The summed E-state index contributed by atoms with van der Waals surface area (Å²) in [6.45, 7) is 1.81. The lowest BCUT2D eigenvalue weighted by molar-refractivity contribution is 0.489. The lowest BCUT2D eigenvalue weighted by atomic mass is 10.0. The first-order valence-electron chi connectivity index (χ1n) is 15.2. The van der Waals surface area contributed by atoms with Gasteiger partial charge in [-0.25, -0.2) is 17.8 Å². The summed E-state index contributed by atoms with van der Waals surface area (Å²) < 4.78 is 38.0. The zero-order valence-corrected chi connectivity index (χ0v) is 25.8. The number of sulfone groups is 1. The minimum absolute atomic E-state index is 0.0548. The second kappa shape index (κ2) is 12.1. The Morgan fingerprint density at radius 2 is 1.80 bits per heavy atom. The first-order chi connectivity index (χ1) is 21.8. The van der Waals surface area contributed by atoms with E-state index < -0.39 is 15.7 Å². The van der Waals surface area contributed by atoms with Crippen molar-refractivity contribution < 1.29 is 12.8 Å². The second-order valence-corrected chi connectivity index (χ2v) is 14.3. The highest BCUT2D eigenvalue weighted by Crippen LogP contribution is 2.34. The topological polar surface area (TPSA) is 129 Å². The van der Waals surface area contributed by atoms with Crippen molar-refractivity contribution in [2.75, 3.05) is 18.6 Å². The predicted molar refractivity (Wildman–Crippen MR) is 175 cm³/mol. The van der Waals surface area contributed by atoms with E-state index in [1.807, 2.05) is 36.7 Å². The molecular formula is C34H34FN7O2S. The molecule has 9 nitrogen and oxygen atoms in total. The van der Waals surface area contributed by atoms with Gasteiger partial charge in [0.05, 0.1) is 28.4 Å². The molecule has 0 saturated heterocycles. The molecule has 6 aromatic rings. The van der Waals surface area contributed by atoms with Crippen molar-refractivity contribution in [2.24, 2.45) is 5.92 Å². The Bertz CT molecular complexity index is 2120. The maximum Gasteiger partial charge on any atom is 0.147 e. The van der Waals surface area contributed by atoms with Gasteiger partial charge in [-0.1, -0.05) is 12.8 Å². The Morgan fingerprint density at radius 1 is 0.956 bits per heavy atom. The van der Waals surface area contributed by atoms with Crippen molar-refractivity contribution in [3.05, 3.63) is 84.1 Å². The number of halogens is 1. The summed E-state index contributed by atoms with van der Waals surface area (Å²) in [6, 6.07) is 14.5. The summed E-state index contributed by atoms with van der Waals surface area (Å²) in [6.07, 6.45) is 12.1. The number of hydrogen-bond acceptors (Lipinski definition) is 7. The molecule has 1 aliphatic carbocycles. The molecule has 0 bridgehead atoms. The van der Waals surface area contributed by atoms with Gasteiger partial charge in [-0.05, 0) is 91.4 Å². The number of benzene rings is 1. The number of fused-ring (bicyclic) bond motifs is 2. The molecule has 11 heteroatoms. The van der Waals surface area contributed by atoms with Gasteiger partial charge in [-0.2, -0.15) is 5.10 Å². The molecule has 1 saturated carbocycles. The van der Waals surface area contributed by atoms with E-state index >= 15 is 0 Å². The number of pyridine rings is 3. The number of rotatable bonds is 10. The summed E-state index contributed by atoms with van der Waals surface area (Å²) in [5, 5.41) is 12.1. The molecule has 0 amide bonds. The zero-order valence-electron chi connectivity index (χ0n) is 25.0. The van der Waals surface area contributed by atoms with Crippen LogP contribution < -0.4 is 5.32 Å². The molecule has 0 radical (unpaired) electrons. The normalized spacial score (nSPS) is 14.2. The third-order valence-corrected chi connectivity index (χ3v) is 9.48. The monoisotopic (exact) mass is 623 g/mol. The van der Waals surface area contributed by atoms with Crippen molar-refractivity contribution in [3.63, 3.8) is 0 Å². The van der Waals surface area contributed by atoms with Crippen molar-refractivity contribution in [1.82, 2.24) is 35.5 Å². The zero-order chi connectivity index (χ0) is 31.0. The standard InChI is InChI=1S/C34H34FN7O2S/c1-45(43,44)11-9-22-12-24(15-26(35)14-22)32-27-16-31(39-29(27)8-10-38-32)34-33-30(41-42-34)7-6-28(40-33)25-13-23(19-37-20-25)18-36-17-21-4-2-3-5-21/h6-8,10,12-16,19-21,36,39H,2-5,9,11,17-18H2,1H3,(H,41,42). The molecule has 5 heterocycles. The third-order valence-electron chi connectivity index (χ3n) is 8.53. The van der Waals surface area contributed by atoms with Crippen molar-refractivity contribution in [1.29, 1.82) is 0 Å². The first kappa shape index (κ1) is 29.2. The molecule has 1 aromatic carbocycles. The van der Waals surface area contributed by atoms with E-state index in [0.29, 0.717) is 28.0 Å². The highest BCUT2D eigenvalue weighted by Gasteiger charge is 2.18. The summed E-state index contributed by atoms with van der Waals surface area (Å²) in [4.78, 5) is 17.5. The van der Waals surface area contributed by atoms with Crippen LogP contribution in [0.5, 0.6) is 0 Å². The van der Waals surface area contributed by atoms with Crippen LogP contribution in [-0.2, 0) is 22.8 Å². The average Bonchev–Trinajstić information content (AvgIpc) is 3.79. The smallest absolute Gasteiger partial charge is 0.147 e. The molecule has 3 N–H and O–H groups in total. The van der Waals surface area contributed by atoms with E-state index in [4.69, 9.17) is 4.98 Å². The lowest BCUT2D eigenvalue weighted by Gasteiger charge is -2.11. The van der Waals surface area contributed by atoms with E-state index in [1.54, 1.807) is 12.3 Å². The van der Waals surface area contributed by atoms with Gasteiger partial charge in [0, 0.05) is 53.4 Å². The minimum atomic E-state index is -3.18. The fourth-order valence-corrected chi connectivity index (χ4v) is 6.86. The number of hydrogen-bond donors (Lipinski definition) is 3. The number of H-pyrrole nitrogens is 2. The molecule has 0 atom stereocenters. The van der Waals surface area contributed by atoms with Crippen LogP contribution in [0.4, 0.5) is 4.39 Å². The van der Waals surface area contributed by atoms with Gasteiger partial charge in [0.15, 0.2) is 0 Å². The third kappa shape index (κ3) is 6.50. The highest BCUT2D eigenvalue weighted by atomic mass is 32.2. The molecule has 5 aromatic heterocycles. The Balaban J connectivity index is 1.19. The highest BCUT2D eigenvalue weighted by molar-refractivity contribution is 7.90. The Hall–Kier alpha value is -4.48. The number of aromatic amines is 2. The van der Waals surface area contributed by atoms with E-state index in [1.165, 1.54) is 44.1 Å². The van der Waals surface area contributed by atoms with Crippen molar-refractivity contribution in [2.45, 2.75) is 38.6 Å².